The number of piperazine rings is 1. The summed E-state index contributed by atoms with van der Waals surface area (Å²) in [5, 5.41) is 7.57. The highest BCUT2D eigenvalue weighted by Crippen LogP contribution is 2.31. The van der Waals surface area contributed by atoms with Crippen molar-refractivity contribution in [1.82, 2.24) is 10.1 Å². The van der Waals surface area contributed by atoms with Crippen LogP contribution in [0.1, 0.15) is 35.7 Å². The minimum Gasteiger partial charge on any atom is -0.367 e. The predicted molar refractivity (Wildman–Crippen MR) is 104 cm³/mol. The van der Waals surface area contributed by atoms with Gasteiger partial charge in [0, 0.05) is 31.2 Å². The molecule has 1 aromatic heterocycles. The van der Waals surface area contributed by atoms with E-state index >= 15 is 0 Å². The smallest absolute Gasteiger partial charge is 0.261 e. The van der Waals surface area contributed by atoms with Crippen molar-refractivity contribution in [2.24, 2.45) is 0 Å². The van der Waals surface area contributed by atoms with Gasteiger partial charge >= 0.3 is 0 Å². The van der Waals surface area contributed by atoms with E-state index in [-0.39, 0.29) is 5.91 Å². The third-order valence-electron chi connectivity index (χ3n) is 4.86. The zero-order valence-corrected chi connectivity index (χ0v) is 16.3. The third-order valence-corrected chi connectivity index (χ3v) is 5.10. The van der Waals surface area contributed by atoms with E-state index in [1.807, 2.05) is 19.1 Å². The average molecular weight is 377 g/mol. The number of halogens is 1. The average Bonchev–Trinajstić information content (AvgIpc) is 3.03. The highest BCUT2D eigenvalue weighted by molar-refractivity contribution is 6.31. The number of aryl methyl sites for hydroxylation is 2. The fraction of sp³-hybridized carbons (Fsp3) is 0.474. The Kier molecular flexibility index (Phi) is 5.84. The second kappa shape index (κ2) is 8.10. The van der Waals surface area contributed by atoms with Crippen molar-refractivity contribution in [3.63, 3.8) is 0 Å². The molecule has 0 radical (unpaired) electrons. The van der Waals surface area contributed by atoms with Crippen LogP contribution in [0.15, 0.2) is 22.7 Å². The molecule has 1 N–H and O–H groups in total. The highest BCUT2D eigenvalue weighted by atomic mass is 35.5. The molecule has 0 unspecified atom stereocenters. The van der Waals surface area contributed by atoms with E-state index in [1.165, 1.54) is 0 Å². The van der Waals surface area contributed by atoms with Crippen molar-refractivity contribution in [2.45, 2.75) is 27.2 Å². The van der Waals surface area contributed by atoms with E-state index in [2.05, 4.69) is 27.2 Å². The van der Waals surface area contributed by atoms with Gasteiger partial charge in [0.25, 0.3) is 5.91 Å². The lowest BCUT2D eigenvalue weighted by Gasteiger charge is -2.36. The molecule has 3 rings (SSSR count). The number of hydrogen-bond donors (Lipinski definition) is 1. The quantitative estimate of drug-likeness (QED) is 0.863. The summed E-state index contributed by atoms with van der Waals surface area (Å²) in [6, 6.07) is 5.64. The number of benzene rings is 1. The molecule has 1 fully saturated rings. The fourth-order valence-corrected chi connectivity index (χ4v) is 3.50. The molecule has 7 heteroatoms. The van der Waals surface area contributed by atoms with Crippen LogP contribution in [0.25, 0.3) is 0 Å². The molecule has 2 aromatic rings. The Morgan fingerprint density at radius 2 is 2.00 bits per heavy atom. The first-order valence-corrected chi connectivity index (χ1v) is 9.44. The highest BCUT2D eigenvalue weighted by Gasteiger charge is 2.23. The summed E-state index contributed by atoms with van der Waals surface area (Å²) in [5.74, 6) is 0.316. The molecule has 1 saturated heterocycles. The van der Waals surface area contributed by atoms with Crippen LogP contribution in [0.3, 0.4) is 0 Å². The van der Waals surface area contributed by atoms with Crippen LogP contribution >= 0.6 is 11.6 Å². The van der Waals surface area contributed by atoms with Gasteiger partial charge < -0.3 is 19.6 Å². The van der Waals surface area contributed by atoms with E-state index in [1.54, 1.807) is 13.0 Å². The minimum atomic E-state index is -0.212. The molecule has 1 aliphatic heterocycles. The largest absolute Gasteiger partial charge is 0.367 e. The monoisotopic (exact) mass is 376 g/mol. The number of amides is 1. The Bertz CT molecular complexity index is 782. The summed E-state index contributed by atoms with van der Waals surface area (Å²) in [7, 11) is 0. The molecule has 1 amide bonds. The summed E-state index contributed by atoms with van der Waals surface area (Å²) in [5.41, 5.74) is 2.88. The number of carbonyl (C=O) groups is 1. The number of likely N-dealkylation sites (N-methyl/N-ethyl adjacent to an activating group) is 1. The normalized spacial score (nSPS) is 15.3. The summed E-state index contributed by atoms with van der Waals surface area (Å²) in [6.07, 6.45) is 0.640. The summed E-state index contributed by atoms with van der Waals surface area (Å²) in [4.78, 5) is 17.5. The first-order chi connectivity index (χ1) is 12.5. The number of nitrogens with one attached hydrogen (secondary N) is 1. The van der Waals surface area contributed by atoms with Gasteiger partial charge in [-0.1, -0.05) is 30.6 Å². The Hall–Kier alpha value is -2.05. The van der Waals surface area contributed by atoms with Gasteiger partial charge in [-0.05, 0) is 38.1 Å². The van der Waals surface area contributed by atoms with Crippen LogP contribution in [-0.4, -0.2) is 48.7 Å². The predicted octanol–water partition coefficient (Wildman–Crippen LogP) is 3.59. The van der Waals surface area contributed by atoms with Crippen LogP contribution < -0.4 is 10.2 Å². The molecule has 0 aliphatic carbocycles. The minimum absolute atomic E-state index is 0.212. The lowest BCUT2D eigenvalue weighted by atomic mass is 10.1. The second-order valence-electron chi connectivity index (χ2n) is 6.45. The molecular formula is C19H25ClN4O2. The molecule has 2 heterocycles. The summed E-state index contributed by atoms with van der Waals surface area (Å²) < 4.78 is 5.19. The van der Waals surface area contributed by atoms with Crippen molar-refractivity contribution >= 4 is 28.9 Å². The number of carbonyl (C=O) groups excluding carboxylic acids is 1. The van der Waals surface area contributed by atoms with Crippen molar-refractivity contribution < 1.29 is 9.32 Å². The Morgan fingerprint density at radius 3 is 2.65 bits per heavy atom. The molecule has 0 atom stereocenters. The van der Waals surface area contributed by atoms with Crippen molar-refractivity contribution in [2.75, 3.05) is 42.9 Å². The van der Waals surface area contributed by atoms with E-state index in [0.29, 0.717) is 28.5 Å². The topological polar surface area (TPSA) is 61.6 Å². The van der Waals surface area contributed by atoms with Gasteiger partial charge in [-0.3, -0.25) is 4.79 Å². The van der Waals surface area contributed by atoms with Crippen LogP contribution in [-0.2, 0) is 6.42 Å². The van der Waals surface area contributed by atoms with Crippen LogP contribution in [0.4, 0.5) is 11.4 Å². The molecular weight excluding hydrogens is 352 g/mol. The van der Waals surface area contributed by atoms with Crippen LogP contribution in [0, 0.1) is 6.92 Å². The molecule has 0 saturated carbocycles. The number of rotatable bonds is 5. The van der Waals surface area contributed by atoms with Gasteiger partial charge in [-0.2, -0.15) is 0 Å². The van der Waals surface area contributed by atoms with Gasteiger partial charge in [0.15, 0.2) is 0 Å². The Labute approximate surface area is 159 Å². The number of aromatic nitrogens is 1. The fourth-order valence-electron chi connectivity index (χ4n) is 3.32. The number of anilines is 2. The summed E-state index contributed by atoms with van der Waals surface area (Å²) >= 11 is 6.19. The first kappa shape index (κ1) is 18.7. The molecule has 1 aromatic carbocycles. The van der Waals surface area contributed by atoms with E-state index in [4.69, 9.17) is 16.1 Å². The molecule has 26 heavy (non-hydrogen) atoms. The van der Waals surface area contributed by atoms with Gasteiger partial charge in [0.05, 0.1) is 17.1 Å². The molecule has 1 aliphatic rings. The SMILES string of the molecule is CCc1noc(C)c1C(=O)Nc1cc(Cl)ccc1N1CCN(CC)CC1. The van der Waals surface area contributed by atoms with Gasteiger partial charge in [0.1, 0.15) is 11.3 Å². The standard InChI is InChI=1S/C19H25ClN4O2/c1-4-15-18(13(3)26-22-15)19(25)21-16-12-14(20)6-7-17(16)24-10-8-23(5-2)9-11-24/h6-7,12H,4-5,8-11H2,1-3H3,(H,21,25). The second-order valence-corrected chi connectivity index (χ2v) is 6.89. The van der Waals surface area contributed by atoms with Gasteiger partial charge in [0.2, 0.25) is 0 Å². The van der Waals surface area contributed by atoms with Gasteiger partial charge in [-0.25, -0.2) is 0 Å². The van der Waals surface area contributed by atoms with E-state index in [9.17, 15) is 4.79 Å². The van der Waals surface area contributed by atoms with Crippen molar-refractivity contribution in [3.05, 3.63) is 40.2 Å². The molecule has 140 valence electrons. The molecule has 0 spiro atoms. The maximum absolute atomic E-state index is 12.8. The zero-order chi connectivity index (χ0) is 18.7. The zero-order valence-electron chi connectivity index (χ0n) is 15.5. The van der Waals surface area contributed by atoms with Crippen LogP contribution in [0.5, 0.6) is 0 Å². The van der Waals surface area contributed by atoms with Gasteiger partial charge in [-0.15, -0.1) is 0 Å². The number of nitrogens with zero attached hydrogens (tertiary/aromatic N) is 3. The lowest BCUT2D eigenvalue weighted by molar-refractivity contribution is 0.102. The maximum Gasteiger partial charge on any atom is 0.261 e. The van der Waals surface area contributed by atoms with E-state index < -0.39 is 0 Å². The third kappa shape index (κ3) is 3.86. The first-order valence-electron chi connectivity index (χ1n) is 9.06. The van der Waals surface area contributed by atoms with Crippen molar-refractivity contribution in [1.29, 1.82) is 0 Å². The maximum atomic E-state index is 12.8. The lowest BCUT2D eigenvalue weighted by Crippen LogP contribution is -2.46. The summed E-state index contributed by atoms with van der Waals surface area (Å²) in [6.45, 7) is 10.8. The van der Waals surface area contributed by atoms with Crippen molar-refractivity contribution in [3.8, 4) is 0 Å². The molecule has 6 nitrogen and oxygen atoms in total. The Morgan fingerprint density at radius 1 is 1.27 bits per heavy atom. The Balaban J connectivity index is 1.84. The van der Waals surface area contributed by atoms with E-state index in [0.717, 1.165) is 44.1 Å². The number of hydrogen-bond acceptors (Lipinski definition) is 5. The van der Waals surface area contributed by atoms with Crippen LogP contribution in [0.2, 0.25) is 5.02 Å². The molecule has 0 bridgehead atoms.